The lowest BCUT2D eigenvalue weighted by Gasteiger charge is -2.28. The first-order valence-corrected chi connectivity index (χ1v) is 16.3. The summed E-state index contributed by atoms with van der Waals surface area (Å²) in [5.41, 5.74) is 7.26. The number of rotatable bonds is 14. The second kappa shape index (κ2) is 15.4. The van der Waals surface area contributed by atoms with Crippen LogP contribution in [0, 0.1) is 23.5 Å². The van der Waals surface area contributed by atoms with Gasteiger partial charge in [0.05, 0.1) is 25.6 Å². The topological polar surface area (TPSA) is 131 Å². The van der Waals surface area contributed by atoms with Crippen molar-refractivity contribution in [3.63, 3.8) is 0 Å². The number of carbonyl (C=O) groups excluding carboxylic acids is 4. The number of hydrogen-bond donors (Lipinski definition) is 2. The number of hydrogen-bond acceptors (Lipinski definition) is 7. The summed E-state index contributed by atoms with van der Waals surface area (Å²) in [5, 5.41) is 3.13. The zero-order valence-electron chi connectivity index (χ0n) is 26.5. The summed E-state index contributed by atoms with van der Waals surface area (Å²) >= 11 is 0. The summed E-state index contributed by atoms with van der Waals surface area (Å²) in [6, 6.07) is 8.72. The van der Waals surface area contributed by atoms with Crippen molar-refractivity contribution in [2.45, 2.75) is 83.1 Å². The number of halogens is 2. The third kappa shape index (κ3) is 8.66. The number of unbranched alkanes of at least 4 members (excludes halogenated alkanes) is 3. The third-order valence-electron chi connectivity index (χ3n) is 8.97. The Morgan fingerprint density at radius 2 is 1.87 bits per heavy atom. The number of primary amides is 1. The van der Waals surface area contributed by atoms with E-state index in [0.29, 0.717) is 36.3 Å². The van der Waals surface area contributed by atoms with Crippen LogP contribution in [0.2, 0.25) is 0 Å². The Morgan fingerprint density at radius 3 is 2.62 bits per heavy atom. The molecule has 12 heteroatoms. The minimum absolute atomic E-state index is 0.0343. The molecule has 3 amide bonds. The minimum Gasteiger partial charge on any atom is -0.466 e. The highest BCUT2D eigenvalue weighted by Crippen LogP contribution is 2.40. The van der Waals surface area contributed by atoms with Gasteiger partial charge in [-0.1, -0.05) is 43.2 Å². The van der Waals surface area contributed by atoms with Gasteiger partial charge in [-0.25, -0.2) is 13.6 Å². The maximum atomic E-state index is 14.2. The molecule has 1 saturated heterocycles. The molecule has 1 saturated carbocycles. The molecule has 5 rings (SSSR count). The standard InChI is InChI=1S/C35H42F2N4O6/c1-2-46-34(44)27-16-22(27)10-6-4-3-5-7-15-30(39-25-13-9-12-24(36)17-25)33(43)41-20-26(18-31(41)32(38)42)47-35(45)40-19-23-11-8-14-29(37)28(23)21-40/h6,8-14,17,22,26-27,30-31,39H,2-5,7,15-16,18-21H2,1H3,(H2,38,42)/b10-6-/t22-,26?,27+,30+,31+/m1/s1. The molecule has 0 aromatic heterocycles. The number of fused-ring (bicyclic) bond motifs is 1. The Bertz CT molecular complexity index is 1500. The van der Waals surface area contributed by atoms with Crippen molar-refractivity contribution in [1.29, 1.82) is 0 Å². The molecule has 2 aromatic carbocycles. The minimum atomic E-state index is -0.990. The number of nitrogens with two attached hydrogens (primary N) is 1. The molecule has 2 heterocycles. The van der Waals surface area contributed by atoms with Crippen LogP contribution in [0.25, 0.3) is 0 Å². The SMILES string of the molecule is CCOC(=O)[C@H]1C[C@H]1/C=C\CCCCC[C@H](Nc1cccc(F)c1)C(=O)N1CC(OC(=O)N2Cc3cccc(F)c3C2)C[C@H]1C(N)=O. The fourth-order valence-electron chi connectivity index (χ4n) is 6.37. The summed E-state index contributed by atoms with van der Waals surface area (Å²) < 4.78 is 39.0. The van der Waals surface area contributed by atoms with Gasteiger partial charge in [0.15, 0.2) is 0 Å². The number of nitrogens with one attached hydrogen (secondary N) is 1. The van der Waals surface area contributed by atoms with E-state index in [9.17, 15) is 28.0 Å². The molecule has 0 bridgehead atoms. The lowest BCUT2D eigenvalue weighted by atomic mass is 10.0. The van der Waals surface area contributed by atoms with E-state index in [0.717, 1.165) is 25.7 Å². The fourth-order valence-corrected chi connectivity index (χ4v) is 6.37. The van der Waals surface area contributed by atoms with Gasteiger partial charge in [0, 0.05) is 24.2 Å². The molecule has 47 heavy (non-hydrogen) atoms. The number of likely N-dealkylation sites (tertiary alicyclic amines) is 1. The fraction of sp³-hybridized carbons (Fsp3) is 0.486. The van der Waals surface area contributed by atoms with E-state index >= 15 is 0 Å². The monoisotopic (exact) mass is 652 g/mol. The normalized spacial score (nSPS) is 22.2. The molecular weight excluding hydrogens is 610 g/mol. The van der Waals surface area contributed by atoms with E-state index in [2.05, 4.69) is 17.5 Å². The van der Waals surface area contributed by atoms with Gasteiger partial charge in [-0.2, -0.15) is 0 Å². The van der Waals surface area contributed by atoms with E-state index in [-0.39, 0.29) is 49.7 Å². The van der Waals surface area contributed by atoms with Crippen molar-refractivity contribution in [2.24, 2.45) is 17.6 Å². The molecule has 0 spiro atoms. The number of esters is 1. The summed E-state index contributed by atoms with van der Waals surface area (Å²) in [7, 11) is 0. The van der Waals surface area contributed by atoms with E-state index in [1.54, 1.807) is 25.1 Å². The average molecular weight is 653 g/mol. The smallest absolute Gasteiger partial charge is 0.410 e. The van der Waals surface area contributed by atoms with E-state index < -0.39 is 41.9 Å². The number of anilines is 1. The van der Waals surface area contributed by atoms with E-state index in [1.807, 2.05) is 0 Å². The summed E-state index contributed by atoms with van der Waals surface area (Å²) in [6.45, 7) is 2.42. The quantitative estimate of drug-likeness (QED) is 0.166. The Morgan fingerprint density at radius 1 is 1.06 bits per heavy atom. The number of allylic oxidation sites excluding steroid dienone is 2. The lowest BCUT2D eigenvalue weighted by molar-refractivity contribution is -0.144. The molecule has 0 radical (unpaired) electrons. The first-order valence-electron chi connectivity index (χ1n) is 16.3. The lowest BCUT2D eigenvalue weighted by Crippen LogP contribution is -2.49. The molecule has 1 unspecified atom stereocenters. The predicted octanol–water partition coefficient (Wildman–Crippen LogP) is 5.06. The Labute approximate surface area is 273 Å². The van der Waals surface area contributed by atoms with Crippen LogP contribution >= 0.6 is 0 Å². The van der Waals surface area contributed by atoms with Crippen LogP contribution in [0.1, 0.15) is 63.0 Å². The largest absolute Gasteiger partial charge is 0.466 e. The summed E-state index contributed by atoms with van der Waals surface area (Å²) in [4.78, 5) is 53.9. The zero-order chi connectivity index (χ0) is 33.5. The molecule has 3 N–H and O–H groups in total. The molecule has 10 nitrogen and oxygen atoms in total. The molecule has 2 fully saturated rings. The first-order chi connectivity index (χ1) is 22.6. The Kier molecular flexibility index (Phi) is 11.1. The molecule has 252 valence electrons. The van der Waals surface area contributed by atoms with Crippen molar-refractivity contribution >= 4 is 29.6 Å². The van der Waals surface area contributed by atoms with E-state index in [4.69, 9.17) is 15.2 Å². The second-order valence-electron chi connectivity index (χ2n) is 12.4. The van der Waals surface area contributed by atoms with Gasteiger partial charge in [-0.3, -0.25) is 19.3 Å². The maximum absolute atomic E-state index is 14.2. The van der Waals surface area contributed by atoms with Crippen molar-refractivity contribution in [3.8, 4) is 0 Å². The van der Waals surface area contributed by atoms with Gasteiger partial charge in [0.1, 0.15) is 29.8 Å². The van der Waals surface area contributed by atoms with Crippen LogP contribution in [-0.2, 0) is 36.9 Å². The van der Waals surface area contributed by atoms with Gasteiger partial charge >= 0.3 is 12.1 Å². The maximum Gasteiger partial charge on any atom is 0.410 e. The van der Waals surface area contributed by atoms with Crippen LogP contribution in [0.4, 0.5) is 19.3 Å². The van der Waals surface area contributed by atoms with Gasteiger partial charge in [-0.05, 0) is 68.4 Å². The predicted molar refractivity (Wildman–Crippen MR) is 169 cm³/mol. The molecule has 3 aliphatic rings. The Hall–Kier alpha value is -4.48. The van der Waals surface area contributed by atoms with Crippen LogP contribution in [0.3, 0.4) is 0 Å². The zero-order valence-corrected chi connectivity index (χ0v) is 26.5. The van der Waals surface area contributed by atoms with Crippen molar-refractivity contribution in [1.82, 2.24) is 9.80 Å². The van der Waals surface area contributed by atoms with E-state index in [1.165, 1.54) is 34.1 Å². The number of ether oxygens (including phenoxy) is 2. The molecule has 2 aromatic rings. The molecular formula is C35H42F2N4O6. The summed E-state index contributed by atoms with van der Waals surface area (Å²) in [6.07, 6.45) is 7.20. The number of amides is 3. The van der Waals surface area contributed by atoms with Gasteiger partial charge < -0.3 is 25.4 Å². The average Bonchev–Trinajstić information content (AvgIpc) is 3.46. The van der Waals surface area contributed by atoms with Gasteiger partial charge in [-0.15, -0.1) is 0 Å². The Balaban J connectivity index is 1.16. The first kappa shape index (κ1) is 33.9. The third-order valence-corrected chi connectivity index (χ3v) is 8.97. The number of nitrogens with zero attached hydrogens (tertiary/aromatic N) is 2. The molecule has 5 atom stereocenters. The molecule has 1 aliphatic carbocycles. The van der Waals surface area contributed by atoms with Crippen molar-refractivity contribution < 1.29 is 37.4 Å². The van der Waals surface area contributed by atoms with Gasteiger partial charge in [0.2, 0.25) is 11.8 Å². The van der Waals surface area contributed by atoms with Gasteiger partial charge in [0.25, 0.3) is 0 Å². The number of benzene rings is 2. The molecule has 2 aliphatic heterocycles. The van der Waals surface area contributed by atoms with Crippen LogP contribution in [0.15, 0.2) is 54.6 Å². The summed E-state index contributed by atoms with van der Waals surface area (Å²) in [5.74, 6) is -1.90. The van der Waals surface area contributed by atoms with Crippen LogP contribution in [-0.4, -0.2) is 65.0 Å². The number of carbonyl (C=O) groups is 4. The van der Waals surface area contributed by atoms with Crippen LogP contribution in [0.5, 0.6) is 0 Å². The highest BCUT2D eigenvalue weighted by Gasteiger charge is 2.44. The van der Waals surface area contributed by atoms with Crippen molar-refractivity contribution in [2.75, 3.05) is 18.5 Å². The second-order valence-corrected chi connectivity index (χ2v) is 12.4. The highest BCUT2D eigenvalue weighted by atomic mass is 19.1. The van der Waals surface area contributed by atoms with Crippen LogP contribution < -0.4 is 11.1 Å². The van der Waals surface area contributed by atoms with Crippen molar-refractivity contribution in [3.05, 3.63) is 77.4 Å². The highest BCUT2D eigenvalue weighted by molar-refractivity contribution is 5.91.